The zero-order chi connectivity index (χ0) is 17.4. The van der Waals surface area contributed by atoms with Crippen LogP contribution in [-0.4, -0.2) is 24.5 Å². The van der Waals surface area contributed by atoms with E-state index in [4.69, 9.17) is 10.5 Å². The number of nitrogens with one attached hydrogen (secondary N) is 1. The molecule has 0 aliphatic rings. The van der Waals surface area contributed by atoms with Crippen molar-refractivity contribution in [2.24, 2.45) is 17.6 Å². The molecule has 0 heterocycles. The summed E-state index contributed by atoms with van der Waals surface area (Å²) < 4.78 is 5.07. The second-order valence-electron chi connectivity index (χ2n) is 5.85. The molecule has 136 valence electrons. The number of nitrogens with two attached hydrogens (primary N) is 1. The Morgan fingerprint density at radius 2 is 1.75 bits per heavy atom. The molecule has 0 fully saturated rings. The molecule has 0 saturated carbocycles. The number of benzene rings is 1. The zero-order valence-corrected chi connectivity index (χ0v) is 15.6. The fourth-order valence-electron chi connectivity index (χ4n) is 2.31. The molecule has 0 aliphatic carbocycles. The Morgan fingerprint density at radius 3 is 2.25 bits per heavy atom. The molecule has 0 spiro atoms. The molecule has 1 aromatic rings. The molecule has 0 saturated heterocycles. The van der Waals surface area contributed by atoms with Crippen molar-refractivity contribution in [1.29, 1.82) is 0 Å². The van der Waals surface area contributed by atoms with Gasteiger partial charge >= 0.3 is 5.97 Å². The van der Waals surface area contributed by atoms with Gasteiger partial charge in [0, 0.05) is 6.04 Å². The van der Waals surface area contributed by atoms with Crippen molar-refractivity contribution in [3.63, 3.8) is 0 Å². The fraction of sp³-hybridized carbons (Fsp3) is 0.556. The number of carbonyl (C=O) groups is 2. The van der Waals surface area contributed by atoms with Crippen LogP contribution in [0.4, 0.5) is 0 Å². The number of esters is 1. The quantitative estimate of drug-likeness (QED) is 0.702. The van der Waals surface area contributed by atoms with Crippen molar-refractivity contribution < 1.29 is 14.3 Å². The van der Waals surface area contributed by atoms with Gasteiger partial charge in [-0.25, -0.2) is 4.79 Å². The highest BCUT2D eigenvalue weighted by molar-refractivity contribution is 5.86. The minimum atomic E-state index is -0.641. The first-order valence-corrected chi connectivity index (χ1v) is 8.19. The van der Waals surface area contributed by atoms with Crippen molar-refractivity contribution in [3.05, 3.63) is 35.9 Å². The third kappa shape index (κ3) is 6.13. The Morgan fingerprint density at radius 1 is 1.17 bits per heavy atom. The fourth-order valence-corrected chi connectivity index (χ4v) is 2.31. The Labute approximate surface area is 150 Å². The van der Waals surface area contributed by atoms with Gasteiger partial charge in [0.15, 0.2) is 0 Å². The molecule has 0 aliphatic heterocycles. The highest BCUT2D eigenvalue weighted by Crippen LogP contribution is 2.20. The van der Waals surface area contributed by atoms with Crippen LogP contribution in [0.2, 0.25) is 0 Å². The summed E-state index contributed by atoms with van der Waals surface area (Å²) in [6.45, 7) is 7.71. The van der Waals surface area contributed by atoms with Crippen LogP contribution < -0.4 is 11.1 Å². The Hall–Kier alpha value is -1.59. The van der Waals surface area contributed by atoms with Crippen LogP contribution in [-0.2, 0) is 14.3 Å². The summed E-state index contributed by atoms with van der Waals surface area (Å²) in [5, 5.41) is 2.81. The second kappa shape index (κ2) is 11.0. The second-order valence-corrected chi connectivity index (χ2v) is 5.85. The Balaban J connectivity index is 0.00000529. The lowest BCUT2D eigenvalue weighted by molar-refractivity contribution is -0.149. The Bertz CT molecular complexity index is 510. The molecular formula is C18H29ClN2O3. The van der Waals surface area contributed by atoms with Crippen LogP contribution in [0.25, 0.3) is 0 Å². The maximum atomic E-state index is 12.5. The SMILES string of the molecule is CCOC(=O)C(NC(=O)C(C)C(N)c1ccccc1)C(C)CC.Cl. The minimum absolute atomic E-state index is 0. The largest absolute Gasteiger partial charge is 0.464 e. The van der Waals surface area contributed by atoms with E-state index in [1.807, 2.05) is 44.2 Å². The first kappa shape index (κ1) is 22.4. The van der Waals surface area contributed by atoms with E-state index in [1.54, 1.807) is 13.8 Å². The van der Waals surface area contributed by atoms with Crippen molar-refractivity contribution in [2.45, 2.75) is 46.2 Å². The predicted octanol–water partition coefficient (Wildman–Crippen LogP) is 2.84. The molecule has 3 N–H and O–H groups in total. The van der Waals surface area contributed by atoms with Gasteiger partial charge in [0.25, 0.3) is 0 Å². The van der Waals surface area contributed by atoms with E-state index >= 15 is 0 Å². The Kier molecular flexibility index (Phi) is 10.3. The van der Waals surface area contributed by atoms with Crippen LogP contribution in [0.5, 0.6) is 0 Å². The summed E-state index contributed by atoms with van der Waals surface area (Å²) in [6.07, 6.45) is 0.767. The van der Waals surface area contributed by atoms with E-state index in [2.05, 4.69) is 5.32 Å². The first-order valence-electron chi connectivity index (χ1n) is 8.19. The molecule has 5 nitrogen and oxygen atoms in total. The smallest absolute Gasteiger partial charge is 0.328 e. The summed E-state index contributed by atoms with van der Waals surface area (Å²) in [7, 11) is 0. The van der Waals surface area contributed by atoms with Crippen LogP contribution in [0, 0.1) is 11.8 Å². The zero-order valence-electron chi connectivity index (χ0n) is 14.8. The van der Waals surface area contributed by atoms with E-state index in [0.29, 0.717) is 6.61 Å². The van der Waals surface area contributed by atoms with Gasteiger partial charge in [-0.3, -0.25) is 4.79 Å². The molecule has 6 heteroatoms. The molecule has 0 radical (unpaired) electrons. The molecule has 4 atom stereocenters. The van der Waals surface area contributed by atoms with E-state index in [9.17, 15) is 9.59 Å². The normalized spacial score (nSPS) is 15.4. The lowest BCUT2D eigenvalue weighted by Gasteiger charge is -2.26. The number of rotatable bonds is 8. The average molecular weight is 357 g/mol. The van der Waals surface area contributed by atoms with Crippen LogP contribution in [0.15, 0.2) is 30.3 Å². The van der Waals surface area contributed by atoms with Gasteiger partial charge < -0.3 is 15.8 Å². The monoisotopic (exact) mass is 356 g/mol. The van der Waals surface area contributed by atoms with Crippen LogP contribution >= 0.6 is 12.4 Å². The van der Waals surface area contributed by atoms with Crippen molar-refractivity contribution in [2.75, 3.05) is 6.61 Å². The van der Waals surface area contributed by atoms with E-state index in [1.165, 1.54) is 0 Å². The number of amides is 1. The number of hydrogen-bond acceptors (Lipinski definition) is 4. The van der Waals surface area contributed by atoms with Crippen molar-refractivity contribution >= 4 is 24.3 Å². The lowest BCUT2D eigenvalue weighted by atomic mass is 9.93. The molecule has 4 unspecified atom stereocenters. The van der Waals surface area contributed by atoms with Gasteiger partial charge in [0.2, 0.25) is 5.91 Å². The molecule has 0 bridgehead atoms. The highest BCUT2D eigenvalue weighted by Gasteiger charge is 2.30. The van der Waals surface area contributed by atoms with Gasteiger partial charge in [0.1, 0.15) is 6.04 Å². The summed E-state index contributed by atoms with van der Waals surface area (Å²) in [5.74, 6) is -1.08. The molecule has 24 heavy (non-hydrogen) atoms. The van der Waals surface area contributed by atoms with Gasteiger partial charge in [-0.05, 0) is 18.4 Å². The number of halogens is 1. The number of ether oxygens (including phenoxy) is 1. The van der Waals surface area contributed by atoms with Crippen LogP contribution in [0.1, 0.15) is 45.7 Å². The predicted molar refractivity (Wildman–Crippen MR) is 97.8 cm³/mol. The molecule has 1 amide bonds. The van der Waals surface area contributed by atoms with E-state index in [-0.39, 0.29) is 24.2 Å². The van der Waals surface area contributed by atoms with Crippen LogP contribution in [0.3, 0.4) is 0 Å². The van der Waals surface area contributed by atoms with Crippen molar-refractivity contribution in [1.82, 2.24) is 5.32 Å². The van der Waals surface area contributed by atoms with Gasteiger partial charge in [-0.15, -0.1) is 12.4 Å². The molecule has 1 aromatic carbocycles. The molecular weight excluding hydrogens is 328 g/mol. The van der Waals surface area contributed by atoms with E-state index in [0.717, 1.165) is 12.0 Å². The van der Waals surface area contributed by atoms with Gasteiger partial charge in [-0.2, -0.15) is 0 Å². The van der Waals surface area contributed by atoms with Gasteiger partial charge in [-0.1, -0.05) is 57.5 Å². The average Bonchev–Trinajstić information content (AvgIpc) is 2.58. The standard InChI is InChI=1S/C18H28N2O3.ClH/c1-5-12(3)16(18(22)23-6-2)20-17(21)13(4)15(19)14-10-8-7-9-11-14;/h7-13,15-16H,5-6,19H2,1-4H3,(H,20,21);1H. The highest BCUT2D eigenvalue weighted by atomic mass is 35.5. The van der Waals surface area contributed by atoms with Crippen molar-refractivity contribution in [3.8, 4) is 0 Å². The number of carbonyl (C=O) groups excluding carboxylic acids is 2. The lowest BCUT2D eigenvalue weighted by Crippen LogP contribution is -2.49. The topological polar surface area (TPSA) is 81.4 Å². The maximum Gasteiger partial charge on any atom is 0.328 e. The third-order valence-corrected chi connectivity index (χ3v) is 4.19. The number of hydrogen-bond donors (Lipinski definition) is 2. The summed E-state index contributed by atoms with van der Waals surface area (Å²) in [6, 6.07) is 8.41. The third-order valence-electron chi connectivity index (χ3n) is 4.19. The van der Waals surface area contributed by atoms with E-state index < -0.39 is 24.0 Å². The summed E-state index contributed by atoms with van der Waals surface area (Å²) in [4.78, 5) is 24.6. The molecule has 1 rings (SSSR count). The first-order chi connectivity index (χ1) is 10.9. The molecule has 0 aromatic heterocycles. The maximum absolute atomic E-state index is 12.5. The summed E-state index contributed by atoms with van der Waals surface area (Å²) >= 11 is 0. The summed E-state index contributed by atoms with van der Waals surface area (Å²) in [5.41, 5.74) is 7.08. The van der Waals surface area contributed by atoms with Gasteiger partial charge in [0.05, 0.1) is 12.5 Å². The minimum Gasteiger partial charge on any atom is -0.464 e.